The van der Waals surface area contributed by atoms with E-state index < -0.39 is 20.0 Å². The molecule has 3 unspecified atom stereocenters. The normalized spacial score (nSPS) is 14.4. The van der Waals surface area contributed by atoms with Crippen molar-refractivity contribution in [1.29, 1.82) is 0 Å². The maximum absolute atomic E-state index is 13.0. The number of aliphatic hydroxyl groups excluding tert-OH is 1. The molecule has 414 valence electrons. The molecule has 0 bridgehead atoms. The molecule has 9 heteroatoms. The Morgan fingerprint density at radius 1 is 0.493 bits per heavy atom. The van der Waals surface area contributed by atoms with E-state index in [1.54, 1.807) is 6.08 Å². The van der Waals surface area contributed by atoms with Gasteiger partial charge in [0.15, 0.2) is 0 Å². The third-order valence-corrected chi connectivity index (χ3v) is 14.2. The van der Waals surface area contributed by atoms with Gasteiger partial charge >= 0.3 is 7.82 Å². The van der Waals surface area contributed by atoms with Crippen LogP contribution in [0.1, 0.15) is 264 Å². The summed E-state index contributed by atoms with van der Waals surface area (Å²) >= 11 is 0. The van der Waals surface area contributed by atoms with Gasteiger partial charge in [0, 0.05) is 6.42 Å². The fourth-order valence-corrected chi connectivity index (χ4v) is 9.28. The lowest BCUT2D eigenvalue weighted by Crippen LogP contribution is -2.45. The number of rotatable bonds is 54. The summed E-state index contributed by atoms with van der Waals surface area (Å²) in [5, 5.41) is 13.9. The Bertz CT molecular complexity index is 1380. The molecular formula is C62H116N2O6P+. The summed E-state index contributed by atoms with van der Waals surface area (Å²) in [6.07, 6.45) is 73.1. The number of likely N-dealkylation sites (N-methyl/N-ethyl adjacent to an activating group) is 1. The molecule has 0 aromatic carbocycles. The molecule has 0 spiro atoms. The highest BCUT2D eigenvalue weighted by atomic mass is 31.2. The van der Waals surface area contributed by atoms with Crippen molar-refractivity contribution in [3.8, 4) is 0 Å². The number of carbonyl (C=O) groups excluding carboxylic acids is 1. The van der Waals surface area contributed by atoms with E-state index in [4.69, 9.17) is 9.05 Å². The van der Waals surface area contributed by atoms with Crippen LogP contribution >= 0.6 is 7.82 Å². The standard InChI is InChI=1S/C62H115N2O6P/c1-6-8-10-12-14-16-18-20-21-22-23-24-25-26-27-28-29-30-31-32-33-34-35-36-37-38-39-40-41-42-43-44-46-48-50-52-54-56-62(66)63-60(59-70-71(67,68)69-58-57-64(3,4)5)61(65)55-53-51-49-47-45-19-17-15-13-11-9-7-2/h8,10,14,16,20-21,23-24,26-27,53,55,60-61,65H,6-7,9,11-13,15,17-19,22,25,28-52,54,56-59H2,1-5H3,(H-,63,66,67,68)/p+1/b10-8-,16-14-,21-20-,24-23-,27-26-,55-53+. The average Bonchev–Trinajstić information content (AvgIpc) is 3.33. The summed E-state index contributed by atoms with van der Waals surface area (Å²) in [5.74, 6) is -0.176. The maximum Gasteiger partial charge on any atom is 0.472 e. The monoisotopic (exact) mass is 1020 g/mol. The van der Waals surface area contributed by atoms with Gasteiger partial charge in [-0.05, 0) is 64.2 Å². The zero-order chi connectivity index (χ0) is 52.0. The molecule has 1 amide bonds. The summed E-state index contributed by atoms with van der Waals surface area (Å²) in [6.45, 7) is 4.70. The number of nitrogens with one attached hydrogen (secondary N) is 1. The van der Waals surface area contributed by atoms with Crippen LogP contribution in [0.15, 0.2) is 72.9 Å². The highest BCUT2D eigenvalue weighted by molar-refractivity contribution is 7.47. The van der Waals surface area contributed by atoms with Crippen molar-refractivity contribution in [3.05, 3.63) is 72.9 Å². The van der Waals surface area contributed by atoms with Crippen LogP contribution in [0.4, 0.5) is 0 Å². The second-order valence-corrected chi connectivity index (χ2v) is 22.8. The van der Waals surface area contributed by atoms with Gasteiger partial charge in [0.1, 0.15) is 13.2 Å². The number of phosphoric acid groups is 1. The zero-order valence-electron chi connectivity index (χ0n) is 47.2. The van der Waals surface area contributed by atoms with Gasteiger partial charge < -0.3 is 19.8 Å². The predicted octanol–water partition coefficient (Wildman–Crippen LogP) is 18.3. The van der Waals surface area contributed by atoms with Gasteiger partial charge in [-0.3, -0.25) is 13.8 Å². The van der Waals surface area contributed by atoms with E-state index in [-0.39, 0.29) is 19.1 Å². The fourth-order valence-electron chi connectivity index (χ4n) is 8.54. The molecule has 3 atom stereocenters. The summed E-state index contributed by atoms with van der Waals surface area (Å²) in [6, 6.07) is -0.846. The molecule has 0 aromatic rings. The van der Waals surface area contributed by atoms with Crippen LogP contribution in [0.5, 0.6) is 0 Å². The van der Waals surface area contributed by atoms with Crippen LogP contribution in [0.25, 0.3) is 0 Å². The first-order valence-electron chi connectivity index (χ1n) is 29.8. The van der Waals surface area contributed by atoms with Crippen LogP contribution in [-0.4, -0.2) is 73.4 Å². The van der Waals surface area contributed by atoms with Crippen molar-refractivity contribution in [2.45, 2.75) is 276 Å². The Morgan fingerprint density at radius 3 is 1.24 bits per heavy atom. The minimum Gasteiger partial charge on any atom is -0.387 e. The molecule has 0 rings (SSSR count). The molecule has 0 fully saturated rings. The number of hydrogen-bond donors (Lipinski definition) is 3. The number of aliphatic hydroxyl groups is 1. The molecule has 8 nitrogen and oxygen atoms in total. The summed E-state index contributed by atoms with van der Waals surface area (Å²) in [5.41, 5.74) is 0. The van der Waals surface area contributed by atoms with E-state index in [0.29, 0.717) is 17.4 Å². The second-order valence-electron chi connectivity index (χ2n) is 21.3. The quantitative estimate of drug-likeness (QED) is 0.0243. The molecule has 0 saturated carbocycles. The highest BCUT2D eigenvalue weighted by Gasteiger charge is 2.27. The predicted molar refractivity (Wildman–Crippen MR) is 309 cm³/mol. The Morgan fingerprint density at radius 2 is 0.845 bits per heavy atom. The third-order valence-electron chi connectivity index (χ3n) is 13.2. The number of unbranched alkanes of at least 4 members (excludes halogenated alkanes) is 31. The van der Waals surface area contributed by atoms with Gasteiger partial charge in [-0.2, -0.15) is 0 Å². The minimum absolute atomic E-state index is 0.0614. The molecule has 0 aliphatic heterocycles. The van der Waals surface area contributed by atoms with Crippen LogP contribution in [0.2, 0.25) is 0 Å². The van der Waals surface area contributed by atoms with Gasteiger partial charge in [-0.1, -0.05) is 267 Å². The van der Waals surface area contributed by atoms with Crippen LogP contribution in [0.3, 0.4) is 0 Å². The Kier molecular flexibility index (Phi) is 51.3. The maximum atomic E-state index is 13.0. The lowest BCUT2D eigenvalue weighted by atomic mass is 10.0. The van der Waals surface area contributed by atoms with E-state index in [1.807, 2.05) is 27.2 Å². The molecule has 0 aliphatic rings. The largest absolute Gasteiger partial charge is 0.472 e. The van der Waals surface area contributed by atoms with E-state index in [9.17, 15) is 19.4 Å². The number of carbonyl (C=O) groups is 1. The van der Waals surface area contributed by atoms with Gasteiger partial charge in [-0.25, -0.2) is 4.57 Å². The first-order valence-corrected chi connectivity index (χ1v) is 31.3. The number of nitrogens with zero attached hydrogens (tertiary/aromatic N) is 1. The number of phosphoric ester groups is 1. The topological polar surface area (TPSA) is 105 Å². The van der Waals surface area contributed by atoms with Gasteiger partial charge in [0.05, 0.1) is 39.9 Å². The van der Waals surface area contributed by atoms with Crippen LogP contribution in [0, 0.1) is 0 Å². The fraction of sp³-hybridized carbons (Fsp3) is 0.790. The Labute approximate surface area is 440 Å². The van der Waals surface area contributed by atoms with Gasteiger partial charge in [0.2, 0.25) is 5.91 Å². The van der Waals surface area contributed by atoms with Crippen LogP contribution < -0.4 is 5.32 Å². The van der Waals surface area contributed by atoms with Crippen molar-refractivity contribution in [2.24, 2.45) is 0 Å². The number of quaternary nitrogens is 1. The second kappa shape index (κ2) is 52.8. The number of allylic oxidation sites excluding steroid dienone is 11. The highest BCUT2D eigenvalue weighted by Crippen LogP contribution is 2.43. The first kappa shape index (κ1) is 68.9. The van der Waals surface area contributed by atoms with Crippen LogP contribution in [-0.2, 0) is 18.4 Å². The van der Waals surface area contributed by atoms with E-state index in [1.165, 1.54) is 173 Å². The smallest absolute Gasteiger partial charge is 0.387 e. The molecular weight excluding hydrogens is 900 g/mol. The molecule has 71 heavy (non-hydrogen) atoms. The molecule has 3 N–H and O–H groups in total. The SMILES string of the molecule is CC/C=C\C/C=C\C/C=C\C/C=C\C/C=C\CCCCCCCCCCCCCCCCCCCCCCCC(=O)NC(COP(=O)(O)OCC[N+](C)(C)C)C(O)/C=C/CCCCCCCCCCCC. The van der Waals surface area contributed by atoms with Crippen molar-refractivity contribution in [2.75, 3.05) is 40.9 Å². The van der Waals surface area contributed by atoms with Crippen molar-refractivity contribution in [1.82, 2.24) is 5.32 Å². The zero-order valence-corrected chi connectivity index (χ0v) is 48.1. The molecule has 0 radical (unpaired) electrons. The third kappa shape index (κ3) is 55.5. The average molecular weight is 1020 g/mol. The Hall–Kier alpha value is -2.06. The van der Waals surface area contributed by atoms with E-state index >= 15 is 0 Å². The summed E-state index contributed by atoms with van der Waals surface area (Å²) < 4.78 is 23.7. The molecule has 0 aromatic heterocycles. The Balaban J connectivity index is 3.93. The minimum atomic E-state index is -4.34. The molecule has 0 saturated heterocycles. The number of hydrogen-bond acceptors (Lipinski definition) is 5. The van der Waals surface area contributed by atoms with Gasteiger partial charge in [0.25, 0.3) is 0 Å². The summed E-state index contributed by atoms with van der Waals surface area (Å²) in [7, 11) is 1.58. The molecule has 0 heterocycles. The van der Waals surface area contributed by atoms with Crippen molar-refractivity contribution < 1.29 is 32.9 Å². The lowest BCUT2D eigenvalue weighted by Gasteiger charge is -2.25. The lowest BCUT2D eigenvalue weighted by molar-refractivity contribution is -0.870. The van der Waals surface area contributed by atoms with Crippen molar-refractivity contribution >= 4 is 13.7 Å². The number of amides is 1. The van der Waals surface area contributed by atoms with Gasteiger partial charge in [-0.15, -0.1) is 0 Å². The van der Waals surface area contributed by atoms with E-state index in [0.717, 1.165) is 70.6 Å². The first-order chi connectivity index (χ1) is 34.5. The van der Waals surface area contributed by atoms with E-state index in [2.05, 4.69) is 79.9 Å². The summed E-state index contributed by atoms with van der Waals surface area (Å²) in [4.78, 5) is 23.2. The van der Waals surface area contributed by atoms with Crippen molar-refractivity contribution in [3.63, 3.8) is 0 Å². The molecule has 0 aliphatic carbocycles.